The van der Waals surface area contributed by atoms with Gasteiger partial charge < -0.3 is 16.2 Å². The predicted octanol–water partition coefficient (Wildman–Crippen LogP) is -0.581. The Kier molecular flexibility index (Phi) is 3.65. The van der Waals surface area contributed by atoms with Crippen molar-refractivity contribution in [3.63, 3.8) is 0 Å². The van der Waals surface area contributed by atoms with Crippen molar-refractivity contribution >= 4 is 29.7 Å². The van der Waals surface area contributed by atoms with Crippen LogP contribution in [0.5, 0.6) is 0 Å². The minimum atomic E-state index is -1.01. The lowest BCUT2D eigenvalue weighted by molar-refractivity contribution is -0.141. The number of carbonyl (C=O) groups is 3. The highest BCUT2D eigenvalue weighted by atomic mass is 32.2. The van der Waals surface area contributed by atoms with E-state index < -0.39 is 23.9 Å². The number of nitrogens with zero attached hydrogens (tertiary/aromatic N) is 1. The van der Waals surface area contributed by atoms with Crippen LogP contribution in [0.3, 0.4) is 0 Å². The standard InChI is InChI=1S/C10H15N3O4S/c11-7(14)3-12-10(17)13-6(9(15)16)4-18-8(13)5-1-2-5/h5-6,8H,1-4H2,(H2,11,14)(H,12,17)(H,15,16). The zero-order chi connectivity index (χ0) is 13.3. The number of nitrogens with two attached hydrogens (primary N) is 1. The van der Waals surface area contributed by atoms with E-state index in [0.717, 1.165) is 12.8 Å². The number of amides is 3. The van der Waals surface area contributed by atoms with Crippen molar-refractivity contribution in [3.05, 3.63) is 0 Å². The Bertz CT molecular complexity index is 385. The lowest BCUT2D eigenvalue weighted by atomic mass is 10.2. The molecule has 2 fully saturated rings. The second-order valence-corrected chi connectivity index (χ2v) is 5.60. The fraction of sp³-hybridized carbons (Fsp3) is 0.700. The minimum absolute atomic E-state index is 0.0982. The second kappa shape index (κ2) is 5.05. The molecule has 2 atom stereocenters. The number of carboxylic acid groups (broad SMARTS) is 1. The van der Waals surface area contributed by atoms with Gasteiger partial charge in [-0.2, -0.15) is 0 Å². The molecule has 0 aromatic rings. The zero-order valence-electron chi connectivity index (χ0n) is 9.67. The summed E-state index contributed by atoms with van der Waals surface area (Å²) in [5, 5.41) is 11.4. The molecule has 2 rings (SSSR count). The first kappa shape index (κ1) is 13.0. The van der Waals surface area contributed by atoms with Crippen molar-refractivity contribution in [2.45, 2.75) is 24.3 Å². The number of thioether (sulfide) groups is 1. The third kappa shape index (κ3) is 2.69. The molecule has 1 heterocycles. The van der Waals surface area contributed by atoms with Gasteiger partial charge >= 0.3 is 12.0 Å². The van der Waals surface area contributed by atoms with E-state index in [0.29, 0.717) is 11.7 Å². The predicted molar refractivity (Wildman–Crippen MR) is 64.8 cm³/mol. The number of aliphatic carboxylic acids is 1. The molecule has 1 aliphatic heterocycles. The number of primary amides is 1. The Labute approximate surface area is 108 Å². The lowest BCUT2D eigenvalue weighted by Gasteiger charge is -2.27. The van der Waals surface area contributed by atoms with E-state index in [2.05, 4.69) is 5.32 Å². The molecule has 1 saturated heterocycles. The summed E-state index contributed by atoms with van der Waals surface area (Å²) >= 11 is 1.49. The molecule has 0 bridgehead atoms. The summed E-state index contributed by atoms with van der Waals surface area (Å²) in [5.41, 5.74) is 4.95. The Morgan fingerprint density at radius 3 is 2.56 bits per heavy atom. The van der Waals surface area contributed by atoms with Crippen LogP contribution >= 0.6 is 11.8 Å². The molecule has 4 N–H and O–H groups in total. The summed E-state index contributed by atoms with van der Waals surface area (Å²) in [5.74, 6) is -0.899. The summed E-state index contributed by atoms with van der Waals surface area (Å²) in [4.78, 5) is 35.0. The number of carbonyl (C=O) groups excluding carboxylic acids is 2. The largest absolute Gasteiger partial charge is 0.480 e. The first-order valence-corrected chi connectivity index (χ1v) is 6.74. The van der Waals surface area contributed by atoms with Crippen LogP contribution in [0.2, 0.25) is 0 Å². The summed E-state index contributed by atoms with van der Waals surface area (Å²) in [6.07, 6.45) is 2.03. The van der Waals surface area contributed by atoms with Crippen LogP contribution in [0.4, 0.5) is 4.79 Å². The Hall–Kier alpha value is -1.44. The molecule has 0 spiro atoms. The van der Waals surface area contributed by atoms with E-state index >= 15 is 0 Å². The maximum absolute atomic E-state index is 11.9. The Balaban J connectivity index is 2.05. The topological polar surface area (TPSA) is 113 Å². The number of urea groups is 1. The number of carboxylic acids is 1. The van der Waals surface area contributed by atoms with Gasteiger partial charge in [-0.25, -0.2) is 9.59 Å². The van der Waals surface area contributed by atoms with Crippen LogP contribution in [0.1, 0.15) is 12.8 Å². The molecule has 7 nitrogen and oxygen atoms in total. The normalized spacial score (nSPS) is 27.0. The van der Waals surface area contributed by atoms with Crippen molar-refractivity contribution in [2.24, 2.45) is 11.7 Å². The molecule has 3 amide bonds. The summed E-state index contributed by atoms with van der Waals surface area (Å²) in [6, 6.07) is -1.35. The second-order valence-electron chi connectivity index (χ2n) is 4.45. The summed E-state index contributed by atoms with van der Waals surface area (Å²) in [7, 11) is 0. The highest BCUT2D eigenvalue weighted by molar-refractivity contribution is 8.00. The third-order valence-electron chi connectivity index (χ3n) is 2.99. The van der Waals surface area contributed by atoms with Gasteiger partial charge in [0.2, 0.25) is 5.91 Å². The van der Waals surface area contributed by atoms with Crippen molar-refractivity contribution < 1.29 is 19.5 Å². The molecule has 18 heavy (non-hydrogen) atoms. The fourth-order valence-corrected chi connectivity index (χ4v) is 3.60. The number of nitrogens with one attached hydrogen (secondary N) is 1. The third-order valence-corrected chi connectivity index (χ3v) is 4.46. The van der Waals surface area contributed by atoms with Gasteiger partial charge in [-0.15, -0.1) is 11.8 Å². The van der Waals surface area contributed by atoms with E-state index in [1.165, 1.54) is 16.7 Å². The van der Waals surface area contributed by atoms with Crippen molar-refractivity contribution in [1.82, 2.24) is 10.2 Å². The van der Waals surface area contributed by atoms with Gasteiger partial charge in [0, 0.05) is 5.75 Å². The molecule has 2 aliphatic rings. The molecule has 0 radical (unpaired) electrons. The quantitative estimate of drug-likeness (QED) is 0.634. The average Bonchev–Trinajstić information content (AvgIpc) is 3.04. The Morgan fingerprint density at radius 1 is 1.39 bits per heavy atom. The highest BCUT2D eigenvalue weighted by Crippen LogP contribution is 2.45. The molecule has 100 valence electrons. The van der Waals surface area contributed by atoms with Crippen LogP contribution < -0.4 is 11.1 Å². The summed E-state index contributed by atoms with van der Waals surface area (Å²) in [6.45, 7) is -0.274. The van der Waals surface area contributed by atoms with E-state index in [4.69, 9.17) is 10.8 Å². The smallest absolute Gasteiger partial charge is 0.327 e. The number of hydrogen-bond donors (Lipinski definition) is 3. The molecule has 8 heteroatoms. The van der Waals surface area contributed by atoms with E-state index in [1.807, 2.05) is 0 Å². The first-order chi connectivity index (χ1) is 8.50. The van der Waals surface area contributed by atoms with E-state index in [9.17, 15) is 14.4 Å². The van der Waals surface area contributed by atoms with Crippen LogP contribution in [0, 0.1) is 5.92 Å². The first-order valence-electron chi connectivity index (χ1n) is 5.69. The molecule has 0 aromatic heterocycles. The summed E-state index contributed by atoms with van der Waals surface area (Å²) < 4.78 is 0. The van der Waals surface area contributed by atoms with Gasteiger partial charge in [0.25, 0.3) is 0 Å². The molecule has 2 unspecified atom stereocenters. The molecule has 1 saturated carbocycles. The van der Waals surface area contributed by atoms with Gasteiger partial charge in [0.15, 0.2) is 0 Å². The molecular formula is C10H15N3O4S. The van der Waals surface area contributed by atoms with Crippen LogP contribution in [0.25, 0.3) is 0 Å². The van der Waals surface area contributed by atoms with Gasteiger partial charge in [-0.1, -0.05) is 0 Å². The van der Waals surface area contributed by atoms with Gasteiger partial charge in [0.1, 0.15) is 6.04 Å². The molecule has 1 aliphatic carbocycles. The van der Waals surface area contributed by atoms with Crippen LogP contribution in [0.15, 0.2) is 0 Å². The number of rotatable bonds is 4. The maximum Gasteiger partial charge on any atom is 0.327 e. The zero-order valence-corrected chi connectivity index (χ0v) is 10.5. The fourth-order valence-electron chi connectivity index (χ4n) is 1.97. The van der Waals surface area contributed by atoms with Gasteiger partial charge in [0.05, 0.1) is 11.9 Å². The van der Waals surface area contributed by atoms with E-state index in [1.54, 1.807) is 0 Å². The van der Waals surface area contributed by atoms with Crippen LogP contribution in [-0.4, -0.2) is 51.6 Å². The highest BCUT2D eigenvalue weighted by Gasteiger charge is 2.48. The maximum atomic E-state index is 11.9. The van der Waals surface area contributed by atoms with Gasteiger partial charge in [-0.05, 0) is 18.8 Å². The van der Waals surface area contributed by atoms with Crippen LogP contribution in [-0.2, 0) is 9.59 Å². The SMILES string of the molecule is NC(=O)CNC(=O)N1C(C(=O)O)CSC1C1CC1. The molecular weight excluding hydrogens is 258 g/mol. The van der Waals surface area contributed by atoms with E-state index in [-0.39, 0.29) is 11.9 Å². The van der Waals surface area contributed by atoms with Gasteiger partial charge in [-0.3, -0.25) is 9.69 Å². The molecule has 0 aromatic carbocycles. The number of hydrogen-bond acceptors (Lipinski definition) is 4. The minimum Gasteiger partial charge on any atom is -0.480 e. The lowest BCUT2D eigenvalue weighted by Crippen LogP contribution is -2.52. The van der Waals surface area contributed by atoms with Crippen molar-refractivity contribution in [3.8, 4) is 0 Å². The van der Waals surface area contributed by atoms with Crippen molar-refractivity contribution in [1.29, 1.82) is 0 Å². The Morgan fingerprint density at radius 2 is 2.06 bits per heavy atom. The average molecular weight is 273 g/mol. The van der Waals surface area contributed by atoms with Crippen molar-refractivity contribution in [2.75, 3.05) is 12.3 Å². The monoisotopic (exact) mass is 273 g/mol.